The lowest BCUT2D eigenvalue weighted by Gasteiger charge is -2.09. The molecule has 0 unspecified atom stereocenters. The fourth-order valence-corrected chi connectivity index (χ4v) is 2.75. The van der Waals surface area contributed by atoms with E-state index in [1.165, 1.54) is 12.1 Å². The maximum absolute atomic E-state index is 12.9. The highest BCUT2D eigenvalue weighted by Crippen LogP contribution is 2.24. The summed E-state index contributed by atoms with van der Waals surface area (Å²) >= 11 is 12.7. The number of nitrogens with zero attached hydrogens (tertiary/aromatic N) is 1. The Morgan fingerprint density at radius 3 is 2.72 bits per heavy atom. The van der Waals surface area contributed by atoms with Crippen molar-refractivity contribution >= 4 is 49.1 Å². The van der Waals surface area contributed by atoms with Crippen molar-refractivity contribution in [2.75, 3.05) is 5.32 Å². The van der Waals surface area contributed by atoms with Gasteiger partial charge in [0.15, 0.2) is 0 Å². The quantitative estimate of drug-likeness (QED) is 0.792. The Bertz CT molecular complexity index is 526. The molecule has 94 valence electrons. The highest BCUT2D eigenvalue weighted by Gasteiger charge is 2.05. The van der Waals surface area contributed by atoms with Crippen LogP contribution in [0.25, 0.3) is 0 Å². The summed E-state index contributed by atoms with van der Waals surface area (Å²) in [5.41, 5.74) is 1.52. The molecule has 0 spiro atoms. The summed E-state index contributed by atoms with van der Waals surface area (Å²) in [6, 6.07) is 6.15. The third kappa shape index (κ3) is 3.43. The van der Waals surface area contributed by atoms with Crippen molar-refractivity contribution in [3.63, 3.8) is 0 Å². The van der Waals surface area contributed by atoms with Crippen molar-refractivity contribution in [3.8, 4) is 0 Å². The van der Waals surface area contributed by atoms with Gasteiger partial charge in [0.25, 0.3) is 0 Å². The van der Waals surface area contributed by atoms with Gasteiger partial charge >= 0.3 is 0 Å². The van der Waals surface area contributed by atoms with Crippen LogP contribution in [0.4, 0.5) is 10.1 Å². The van der Waals surface area contributed by atoms with Gasteiger partial charge in [0.2, 0.25) is 0 Å². The van der Waals surface area contributed by atoms with Gasteiger partial charge in [-0.05, 0) is 56.1 Å². The molecule has 2 aromatic rings. The SMILES string of the molecule is Fc1ccc(NCc2ncc(Br)cc2Br)c(Cl)c1. The van der Waals surface area contributed by atoms with Gasteiger partial charge in [-0.3, -0.25) is 4.98 Å². The van der Waals surface area contributed by atoms with E-state index in [1.54, 1.807) is 12.3 Å². The van der Waals surface area contributed by atoms with Crippen molar-refractivity contribution in [2.24, 2.45) is 0 Å². The van der Waals surface area contributed by atoms with Gasteiger partial charge in [0, 0.05) is 15.1 Å². The Morgan fingerprint density at radius 1 is 1.28 bits per heavy atom. The Labute approximate surface area is 126 Å². The van der Waals surface area contributed by atoms with E-state index in [-0.39, 0.29) is 5.82 Å². The van der Waals surface area contributed by atoms with Crippen LogP contribution in [0.5, 0.6) is 0 Å². The van der Waals surface area contributed by atoms with Gasteiger partial charge in [-0.15, -0.1) is 0 Å². The first-order chi connectivity index (χ1) is 8.56. The number of halogens is 4. The molecule has 0 radical (unpaired) electrons. The summed E-state index contributed by atoms with van der Waals surface area (Å²) in [4.78, 5) is 4.27. The van der Waals surface area contributed by atoms with Crippen LogP contribution in [0.2, 0.25) is 5.02 Å². The second-order valence-electron chi connectivity index (χ2n) is 3.56. The van der Waals surface area contributed by atoms with Crippen LogP contribution in [0.3, 0.4) is 0 Å². The minimum absolute atomic E-state index is 0.350. The van der Waals surface area contributed by atoms with Gasteiger partial charge < -0.3 is 5.32 Å². The van der Waals surface area contributed by atoms with E-state index in [2.05, 4.69) is 42.2 Å². The number of nitrogens with one attached hydrogen (secondary N) is 1. The molecule has 2 nitrogen and oxygen atoms in total. The first-order valence-corrected chi connectivity index (χ1v) is 7.01. The number of hydrogen-bond donors (Lipinski definition) is 1. The zero-order valence-corrected chi connectivity index (χ0v) is 13.0. The molecule has 1 aromatic heterocycles. The summed E-state index contributed by atoms with van der Waals surface area (Å²) in [5, 5.41) is 3.46. The summed E-state index contributed by atoms with van der Waals surface area (Å²) in [5.74, 6) is -0.353. The Balaban J connectivity index is 2.11. The molecular formula is C12H8Br2ClFN2. The molecule has 0 bridgehead atoms. The van der Waals surface area contributed by atoms with Crippen molar-refractivity contribution < 1.29 is 4.39 Å². The second kappa shape index (κ2) is 5.99. The summed E-state index contributed by atoms with van der Waals surface area (Å²) in [6.45, 7) is 0.499. The van der Waals surface area contributed by atoms with Crippen LogP contribution < -0.4 is 5.32 Å². The lowest BCUT2D eigenvalue weighted by atomic mass is 10.3. The average molecular weight is 394 g/mol. The molecule has 0 amide bonds. The molecule has 6 heteroatoms. The van der Waals surface area contributed by atoms with Crippen LogP contribution >= 0.6 is 43.5 Å². The van der Waals surface area contributed by atoms with E-state index in [9.17, 15) is 4.39 Å². The summed E-state index contributed by atoms with van der Waals surface area (Å²) < 4.78 is 14.7. The minimum Gasteiger partial charge on any atom is -0.378 e. The van der Waals surface area contributed by atoms with Gasteiger partial charge in [0.05, 0.1) is 22.9 Å². The number of pyridine rings is 1. The van der Waals surface area contributed by atoms with Crippen molar-refractivity contribution in [2.45, 2.75) is 6.54 Å². The summed E-state index contributed by atoms with van der Waals surface area (Å²) in [7, 11) is 0. The van der Waals surface area contributed by atoms with Crippen molar-refractivity contribution in [1.82, 2.24) is 4.98 Å². The van der Waals surface area contributed by atoms with E-state index >= 15 is 0 Å². The first kappa shape index (κ1) is 13.8. The lowest BCUT2D eigenvalue weighted by Crippen LogP contribution is -2.03. The molecule has 0 saturated carbocycles. The number of anilines is 1. The predicted octanol–water partition coefficient (Wildman–Crippen LogP) is 5.01. The van der Waals surface area contributed by atoms with Crippen LogP contribution in [-0.4, -0.2) is 4.98 Å². The Kier molecular flexibility index (Phi) is 4.59. The highest BCUT2D eigenvalue weighted by molar-refractivity contribution is 9.11. The molecule has 2 rings (SSSR count). The van der Waals surface area contributed by atoms with Gasteiger partial charge in [-0.2, -0.15) is 0 Å². The van der Waals surface area contributed by atoms with E-state index in [0.29, 0.717) is 17.3 Å². The van der Waals surface area contributed by atoms with Gasteiger partial charge in [0.1, 0.15) is 5.82 Å². The molecule has 0 atom stereocenters. The zero-order valence-electron chi connectivity index (χ0n) is 9.05. The lowest BCUT2D eigenvalue weighted by molar-refractivity contribution is 0.628. The van der Waals surface area contributed by atoms with Crippen LogP contribution in [0.1, 0.15) is 5.69 Å². The number of aromatic nitrogens is 1. The maximum atomic E-state index is 12.9. The molecule has 0 aliphatic heterocycles. The largest absolute Gasteiger partial charge is 0.378 e. The van der Waals surface area contributed by atoms with Gasteiger partial charge in [-0.1, -0.05) is 11.6 Å². The maximum Gasteiger partial charge on any atom is 0.124 e. The molecule has 1 aromatic carbocycles. The minimum atomic E-state index is -0.353. The predicted molar refractivity (Wildman–Crippen MR) is 78.4 cm³/mol. The Hall–Kier alpha value is -0.650. The zero-order chi connectivity index (χ0) is 13.1. The Morgan fingerprint density at radius 2 is 2.06 bits per heavy atom. The molecule has 1 N–H and O–H groups in total. The number of hydrogen-bond acceptors (Lipinski definition) is 2. The van der Waals surface area contributed by atoms with E-state index in [0.717, 1.165) is 14.6 Å². The fraction of sp³-hybridized carbons (Fsp3) is 0.0833. The topological polar surface area (TPSA) is 24.9 Å². The number of benzene rings is 1. The number of rotatable bonds is 3. The smallest absolute Gasteiger partial charge is 0.124 e. The summed E-state index contributed by atoms with van der Waals surface area (Å²) in [6.07, 6.45) is 1.72. The molecule has 1 heterocycles. The highest BCUT2D eigenvalue weighted by atomic mass is 79.9. The molecule has 0 aliphatic carbocycles. The van der Waals surface area contributed by atoms with E-state index in [4.69, 9.17) is 11.6 Å². The van der Waals surface area contributed by atoms with Crippen LogP contribution in [0, 0.1) is 5.82 Å². The third-order valence-corrected chi connectivity index (χ3v) is 3.69. The van der Waals surface area contributed by atoms with E-state index < -0.39 is 0 Å². The molecule has 0 aliphatic rings. The van der Waals surface area contributed by atoms with E-state index in [1.807, 2.05) is 6.07 Å². The second-order valence-corrected chi connectivity index (χ2v) is 5.74. The molecule has 18 heavy (non-hydrogen) atoms. The first-order valence-electron chi connectivity index (χ1n) is 5.05. The monoisotopic (exact) mass is 392 g/mol. The molecular weight excluding hydrogens is 386 g/mol. The third-order valence-electron chi connectivity index (χ3n) is 2.26. The average Bonchev–Trinajstić information content (AvgIpc) is 2.30. The van der Waals surface area contributed by atoms with Crippen molar-refractivity contribution in [1.29, 1.82) is 0 Å². The normalized spacial score (nSPS) is 10.4. The van der Waals surface area contributed by atoms with Crippen LogP contribution in [0.15, 0.2) is 39.4 Å². The van der Waals surface area contributed by atoms with Crippen molar-refractivity contribution in [3.05, 3.63) is 55.9 Å². The molecule has 0 saturated heterocycles. The molecule has 0 fully saturated rings. The fourth-order valence-electron chi connectivity index (χ4n) is 1.38. The van der Waals surface area contributed by atoms with Crippen LogP contribution in [-0.2, 0) is 6.54 Å². The van der Waals surface area contributed by atoms with Gasteiger partial charge in [-0.25, -0.2) is 4.39 Å². The standard InChI is InChI=1S/C12H8Br2ClFN2/c13-7-3-9(14)12(17-5-7)6-18-11-2-1-8(16)4-10(11)15/h1-5,18H,6H2.